The number of amides is 1. The zero-order valence-electron chi connectivity index (χ0n) is 13.4. The first kappa shape index (κ1) is 17.6. The van der Waals surface area contributed by atoms with Crippen molar-refractivity contribution in [2.75, 3.05) is 5.32 Å². The van der Waals surface area contributed by atoms with E-state index in [9.17, 15) is 19.3 Å². The number of rotatable bonds is 4. The number of carbonyl (C=O) groups is 1. The van der Waals surface area contributed by atoms with Crippen molar-refractivity contribution in [2.45, 2.75) is 6.92 Å². The molecule has 2 aromatic carbocycles. The number of hydrogen-bond donors (Lipinski definition) is 1. The summed E-state index contributed by atoms with van der Waals surface area (Å²) in [4.78, 5) is 26.5. The SMILES string of the molecule is Cc1nccn1-c1ccc(NC(=O)c2ccc(Cl)c([N+](=O)[O-])c2)cc1F. The number of aromatic nitrogens is 2. The first-order valence-corrected chi connectivity index (χ1v) is 7.80. The summed E-state index contributed by atoms with van der Waals surface area (Å²) in [6.07, 6.45) is 3.18. The van der Waals surface area contributed by atoms with Crippen LogP contribution in [0.4, 0.5) is 15.8 Å². The maximum atomic E-state index is 14.4. The summed E-state index contributed by atoms with van der Waals surface area (Å²) >= 11 is 5.73. The number of carbonyl (C=O) groups excluding carboxylic acids is 1. The third kappa shape index (κ3) is 3.40. The van der Waals surface area contributed by atoms with E-state index in [2.05, 4.69) is 10.3 Å². The van der Waals surface area contributed by atoms with Crippen LogP contribution >= 0.6 is 11.6 Å². The third-order valence-electron chi connectivity index (χ3n) is 3.70. The highest BCUT2D eigenvalue weighted by Crippen LogP contribution is 2.26. The number of nitro benzene ring substituents is 1. The van der Waals surface area contributed by atoms with Gasteiger partial charge in [0.1, 0.15) is 16.7 Å². The van der Waals surface area contributed by atoms with E-state index < -0.39 is 16.6 Å². The molecule has 3 aromatic rings. The van der Waals surface area contributed by atoms with Gasteiger partial charge in [-0.2, -0.15) is 0 Å². The zero-order chi connectivity index (χ0) is 18.8. The molecule has 26 heavy (non-hydrogen) atoms. The van der Waals surface area contributed by atoms with Gasteiger partial charge in [0.15, 0.2) is 0 Å². The summed E-state index contributed by atoms with van der Waals surface area (Å²) in [5.41, 5.74) is 0.166. The topological polar surface area (TPSA) is 90.1 Å². The van der Waals surface area contributed by atoms with Crippen LogP contribution in [0, 0.1) is 22.9 Å². The van der Waals surface area contributed by atoms with E-state index >= 15 is 0 Å². The van der Waals surface area contributed by atoms with Crippen molar-refractivity contribution in [3.63, 3.8) is 0 Å². The van der Waals surface area contributed by atoms with Gasteiger partial charge in [-0.3, -0.25) is 14.9 Å². The Bertz CT molecular complexity index is 1020. The lowest BCUT2D eigenvalue weighted by Gasteiger charge is -2.10. The molecule has 0 saturated heterocycles. The Morgan fingerprint density at radius 3 is 2.69 bits per heavy atom. The first-order valence-electron chi connectivity index (χ1n) is 7.42. The van der Waals surface area contributed by atoms with Gasteiger partial charge in [-0.25, -0.2) is 9.37 Å². The smallest absolute Gasteiger partial charge is 0.288 e. The molecule has 0 radical (unpaired) electrons. The second kappa shape index (κ2) is 6.93. The molecule has 0 fully saturated rings. The summed E-state index contributed by atoms with van der Waals surface area (Å²) in [6, 6.07) is 7.88. The van der Waals surface area contributed by atoms with Crippen LogP contribution in [0.1, 0.15) is 16.2 Å². The van der Waals surface area contributed by atoms with Crippen LogP contribution in [-0.4, -0.2) is 20.4 Å². The molecule has 1 aromatic heterocycles. The van der Waals surface area contributed by atoms with Gasteiger partial charge in [0, 0.05) is 29.7 Å². The Morgan fingerprint density at radius 2 is 2.08 bits per heavy atom. The Hall–Kier alpha value is -3.26. The molecule has 0 aliphatic heterocycles. The van der Waals surface area contributed by atoms with Gasteiger partial charge in [0.25, 0.3) is 11.6 Å². The van der Waals surface area contributed by atoms with E-state index in [4.69, 9.17) is 11.6 Å². The predicted octanol–water partition coefficient (Wildman–Crippen LogP) is 4.13. The molecule has 0 bridgehead atoms. The molecule has 1 amide bonds. The molecular formula is C17H12ClFN4O3. The van der Waals surface area contributed by atoms with E-state index in [1.165, 1.54) is 24.3 Å². The Labute approximate surface area is 152 Å². The molecule has 0 saturated carbocycles. The molecule has 7 nitrogen and oxygen atoms in total. The molecular weight excluding hydrogens is 363 g/mol. The van der Waals surface area contributed by atoms with Gasteiger partial charge in [-0.15, -0.1) is 0 Å². The van der Waals surface area contributed by atoms with Gasteiger partial charge >= 0.3 is 0 Å². The minimum Gasteiger partial charge on any atom is -0.322 e. The van der Waals surface area contributed by atoms with Crippen molar-refractivity contribution in [2.24, 2.45) is 0 Å². The van der Waals surface area contributed by atoms with Crippen molar-refractivity contribution in [3.8, 4) is 5.69 Å². The van der Waals surface area contributed by atoms with Crippen molar-refractivity contribution in [1.82, 2.24) is 9.55 Å². The van der Waals surface area contributed by atoms with Gasteiger partial charge in [-0.1, -0.05) is 11.6 Å². The molecule has 0 spiro atoms. The molecule has 9 heteroatoms. The maximum absolute atomic E-state index is 14.4. The molecule has 0 aliphatic carbocycles. The number of nitro groups is 1. The summed E-state index contributed by atoms with van der Waals surface area (Å²) in [5.74, 6) is -0.545. The lowest BCUT2D eigenvalue weighted by atomic mass is 10.1. The van der Waals surface area contributed by atoms with Crippen LogP contribution < -0.4 is 5.32 Å². The summed E-state index contributed by atoms with van der Waals surface area (Å²) < 4.78 is 15.9. The van der Waals surface area contributed by atoms with Crippen LogP contribution in [0.15, 0.2) is 48.8 Å². The Kier molecular flexibility index (Phi) is 4.68. The lowest BCUT2D eigenvalue weighted by Crippen LogP contribution is -2.12. The first-order chi connectivity index (χ1) is 12.4. The van der Waals surface area contributed by atoms with Gasteiger partial charge < -0.3 is 9.88 Å². The van der Waals surface area contributed by atoms with E-state index in [0.29, 0.717) is 11.5 Å². The second-order valence-electron chi connectivity index (χ2n) is 5.39. The fraction of sp³-hybridized carbons (Fsp3) is 0.0588. The fourth-order valence-corrected chi connectivity index (χ4v) is 2.60. The molecule has 0 aliphatic rings. The van der Waals surface area contributed by atoms with E-state index in [-0.39, 0.29) is 22.0 Å². The van der Waals surface area contributed by atoms with Crippen molar-refractivity contribution in [3.05, 3.63) is 81.1 Å². The van der Waals surface area contributed by atoms with Crippen LogP contribution in [0.3, 0.4) is 0 Å². The average molecular weight is 375 g/mol. The van der Waals surface area contributed by atoms with E-state index in [1.807, 2.05) is 0 Å². The third-order valence-corrected chi connectivity index (χ3v) is 4.02. The number of nitrogens with one attached hydrogen (secondary N) is 1. The van der Waals surface area contributed by atoms with Crippen LogP contribution in [0.2, 0.25) is 5.02 Å². The van der Waals surface area contributed by atoms with Crippen LogP contribution in [0.25, 0.3) is 5.69 Å². The van der Waals surface area contributed by atoms with Gasteiger partial charge in [-0.05, 0) is 37.3 Å². The van der Waals surface area contributed by atoms with Crippen LogP contribution in [-0.2, 0) is 0 Å². The molecule has 3 rings (SSSR count). The summed E-state index contributed by atoms with van der Waals surface area (Å²) in [6.45, 7) is 1.74. The van der Waals surface area contributed by atoms with Crippen molar-refractivity contribution >= 4 is 28.9 Å². The highest BCUT2D eigenvalue weighted by atomic mass is 35.5. The predicted molar refractivity (Wildman–Crippen MR) is 94.3 cm³/mol. The number of halogens is 2. The lowest BCUT2D eigenvalue weighted by molar-refractivity contribution is -0.384. The molecule has 1 N–H and O–H groups in total. The standard InChI is InChI=1S/C17H12ClFN4O3/c1-10-20-6-7-22(10)15-5-3-12(9-14(15)19)21-17(24)11-2-4-13(18)16(8-11)23(25)26/h2-9H,1H3,(H,21,24). The zero-order valence-corrected chi connectivity index (χ0v) is 14.2. The van der Waals surface area contributed by atoms with Crippen molar-refractivity contribution < 1.29 is 14.1 Å². The van der Waals surface area contributed by atoms with E-state index in [0.717, 1.165) is 12.1 Å². The summed E-state index contributed by atoms with van der Waals surface area (Å²) in [5, 5.41) is 13.3. The largest absolute Gasteiger partial charge is 0.322 e. The quantitative estimate of drug-likeness (QED) is 0.549. The number of nitrogens with zero attached hydrogens (tertiary/aromatic N) is 3. The molecule has 132 valence electrons. The number of anilines is 1. The van der Waals surface area contributed by atoms with Gasteiger partial charge in [0.05, 0.1) is 10.6 Å². The highest BCUT2D eigenvalue weighted by molar-refractivity contribution is 6.32. The highest BCUT2D eigenvalue weighted by Gasteiger charge is 2.17. The average Bonchev–Trinajstić information content (AvgIpc) is 3.01. The minimum atomic E-state index is -0.680. The molecule has 0 unspecified atom stereocenters. The normalized spacial score (nSPS) is 10.6. The summed E-state index contributed by atoms with van der Waals surface area (Å²) in [7, 11) is 0. The van der Waals surface area contributed by atoms with Gasteiger partial charge in [0.2, 0.25) is 0 Å². The number of benzene rings is 2. The fourth-order valence-electron chi connectivity index (χ4n) is 2.41. The van der Waals surface area contributed by atoms with Crippen LogP contribution in [0.5, 0.6) is 0 Å². The number of hydrogen-bond acceptors (Lipinski definition) is 4. The molecule has 0 atom stereocenters. The monoisotopic (exact) mass is 374 g/mol. The Morgan fingerprint density at radius 1 is 1.31 bits per heavy atom. The minimum absolute atomic E-state index is 0.0380. The maximum Gasteiger partial charge on any atom is 0.288 e. The number of aryl methyl sites for hydroxylation is 1. The Balaban J connectivity index is 1.84. The second-order valence-corrected chi connectivity index (χ2v) is 5.80. The molecule has 1 heterocycles. The van der Waals surface area contributed by atoms with Crippen molar-refractivity contribution in [1.29, 1.82) is 0 Å². The number of imidazole rings is 1. The van der Waals surface area contributed by atoms with E-state index in [1.54, 1.807) is 23.9 Å².